The summed E-state index contributed by atoms with van der Waals surface area (Å²) in [5.41, 5.74) is 6.42. The lowest BCUT2D eigenvalue weighted by Crippen LogP contribution is -2.45. The molecule has 1 heterocycles. The number of benzene rings is 1. The number of rotatable bonds is 1. The average molecular weight is 310 g/mol. The Balaban J connectivity index is 0.00000162. The van der Waals surface area contributed by atoms with Crippen LogP contribution in [0.3, 0.4) is 0 Å². The van der Waals surface area contributed by atoms with Gasteiger partial charge in [0.05, 0.1) is 10.0 Å². The molecule has 0 saturated carbocycles. The number of hydrogen-bond acceptors (Lipinski definition) is 2. The summed E-state index contributed by atoms with van der Waals surface area (Å²) in [4.78, 5) is 13.9. The third kappa shape index (κ3) is 3.51. The second-order valence-electron chi connectivity index (χ2n) is 4.28. The first-order valence-corrected chi connectivity index (χ1v) is 6.33. The van der Waals surface area contributed by atoms with Crippen LogP contribution in [-0.4, -0.2) is 29.9 Å². The van der Waals surface area contributed by atoms with Crippen molar-refractivity contribution < 1.29 is 4.79 Å². The molecular formula is C12H15Cl3N2O. The minimum Gasteiger partial charge on any atom is -0.337 e. The average Bonchev–Trinajstić information content (AvgIpc) is 2.32. The van der Waals surface area contributed by atoms with E-state index in [0.29, 0.717) is 22.2 Å². The van der Waals surface area contributed by atoms with Gasteiger partial charge in [0.15, 0.2) is 0 Å². The third-order valence-electron chi connectivity index (χ3n) is 2.91. The number of halogens is 3. The van der Waals surface area contributed by atoms with Crippen LogP contribution in [0.1, 0.15) is 23.2 Å². The molecule has 1 saturated heterocycles. The molecule has 0 bridgehead atoms. The quantitative estimate of drug-likeness (QED) is 0.867. The van der Waals surface area contributed by atoms with E-state index in [2.05, 4.69) is 0 Å². The molecule has 1 amide bonds. The predicted molar refractivity (Wildman–Crippen MR) is 76.8 cm³/mol. The maximum atomic E-state index is 12.2. The van der Waals surface area contributed by atoms with Gasteiger partial charge in [-0.1, -0.05) is 23.2 Å². The van der Waals surface area contributed by atoms with Crippen LogP contribution in [0.25, 0.3) is 0 Å². The van der Waals surface area contributed by atoms with Gasteiger partial charge in [0.25, 0.3) is 5.91 Å². The highest BCUT2D eigenvalue weighted by Gasteiger charge is 2.22. The van der Waals surface area contributed by atoms with Crippen molar-refractivity contribution in [1.29, 1.82) is 0 Å². The van der Waals surface area contributed by atoms with Gasteiger partial charge in [0.1, 0.15) is 0 Å². The molecule has 2 N–H and O–H groups in total. The number of likely N-dealkylation sites (tertiary alicyclic amines) is 1. The van der Waals surface area contributed by atoms with Crippen LogP contribution in [0, 0.1) is 0 Å². The summed E-state index contributed by atoms with van der Waals surface area (Å²) in [6.07, 6.45) is 1.93. The zero-order chi connectivity index (χ0) is 12.4. The minimum atomic E-state index is -0.0290. The number of carbonyl (C=O) groups is 1. The van der Waals surface area contributed by atoms with E-state index in [1.165, 1.54) is 0 Å². The Bertz CT molecular complexity index is 439. The normalized spacial score (nSPS) is 19.3. The summed E-state index contributed by atoms with van der Waals surface area (Å²) in [5.74, 6) is -0.0290. The minimum absolute atomic E-state index is 0. The first kappa shape index (κ1) is 15.6. The van der Waals surface area contributed by atoms with Crippen molar-refractivity contribution >= 4 is 41.5 Å². The summed E-state index contributed by atoms with van der Waals surface area (Å²) in [5, 5.41) is 0.859. The van der Waals surface area contributed by atoms with E-state index >= 15 is 0 Å². The van der Waals surface area contributed by atoms with Crippen molar-refractivity contribution in [2.24, 2.45) is 5.73 Å². The molecule has 3 nitrogen and oxygen atoms in total. The van der Waals surface area contributed by atoms with Gasteiger partial charge in [-0.05, 0) is 31.0 Å². The lowest BCUT2D eigenvalue weighted by Gasteiger charge is -2.30. The molecule has 18 heavy (non-hydrogen) atoms. The van der Waals surface area contributed by atoms with Crippen LogP contribution in [0.15, 0.2) is 18.2 Å². The van der Waals surface area contributed by atoms with Gasteiger partial charge in [0.2, 0.25) is 0 Å². The van der Waals surface area contributed by atoms with Gasteiger partial charge >= 0.3 is 0 Å². The smallest absolute Gasteiger partial charge is 0.253 e. The summed E-state index contributed by atoms with van der Waals surface area (Å²) in [7, 11) is 0. The van der Waals surface area contributed by atoms with E-state index in [9.17, 15) is 4.79 Å². The van der Waals surface area contributed by atoms with Crippen LogP contribution >= 0.6 is 35.6 Å². The maximum Gasteiger partial charge on any atom is 0.253 e. The summed E-state index contributed by atoms with van der Waals surface area (Å²) < 4.78 is 0. The Hall–Kier alpha value is -0.480. The van der Waals surface area contributed by atoms with E-state index < -0.39 is 0 Å². The second kappa shape index (κ2) is 6.62. The lowest BCUT2D eigenvalue weighted by molar-refractivity contribution is 0.0709. The van der Waals surface area contributed by atoms with Crippen molar-refractivity contribution in [3.63, 3.8) is 0 Å². The fourth-order valence-corrected chi connectivity index (χ4v) is 2.30. The highest BCUT2D eigenvalue weighted by molar-refractivity contribution is 6.42. The fraction of sp³-hybridized carbons (Fsp3) is 0.417. The molecule has 0 aromatic heterocycles. The van der Waals surface area contributed by atoms with Crippen molar-refractivity contribution in [3.8, 4) is 0 Å². The van der Waals surface area contributed by atoms with Crippen LogP contribution < -0.4 is 5.73 Å². The summed E-state index contributed by atoms with van der Waals surface area (Å²) >= 11 is 11.7. The number of carbonyl (C=O) groups excluding carboxylic acids is 1. The Morgan fingerprint density at radius 1 is 1.33 bits per heavy atom. The highest BCUT2D eigenvalue weighted by Crippen LogP contribution is 2.23. The Morgan fingerprint density at radius 2 is 2.06 bits per heavy atom. The Kier molecular flexibility index (Phi) is 5.73. The van der Waals surface area contributed by atoms with E-state index in [0.717, 1.165) is 19.4 Å². The van der Waals surface area contributed by atoms with Gasteiger partial charge < -0.3 is 10.6 Å². The van der Waals surface area contributed by atoms with E-state index in [4.69, 9.17) is 28.9 Å². The Morgan fingerprint density at radius 3 is 2.67 bits per heavy atom. The molecule has 1 atom stereocenters. The first-order valence-electron chi connectivity index (χ1n) is 5.58. The zero-order valence-corrected chi connectivity index (χ0v) is 12.1. The first-order chi connectivity index (χ1) is 8.08. The molecule has 6 heteroatoms. The van der Waals surface area contributed by atoms with Gasteiger partial charge in [0, 0.05) is 24.7 Å². The number of piperidine rings is 1. The van der Waals surface area contributed by atoms with E-state index in [1.807, 2.05) is 0 Å². The molecule has 2 rings (SSSR count). The van der Waals surface area contributed by atoms with Crippen LogP contribution in [0.2, 0.25) is 10.0 Å². The van der Waals surface area contributed by atoms with Crippen molar-refractivity contribution in [1.82, 2.24) is 4.90 Å². The second-order valence-corrected chi connectivity index (χ2v) is 5.10. The van der Waals surface area contributed by atoms with Crippen molar-refractivity contribution in [2.75, 3.05) is 13.1 Å². The molecule has 0 aliphatic carbocycles. The topological polar surface area (TPSA) is 46.3 Å². The zero-order valence-electron chi connectivity index (χ0n) is 9.73. The number of nitrogens with zero attached hydrogens (tertiary/aromatic N) is 1. The summed E-state index contributed by atoms with van der Waals surface area (Å²) in [6, 6.07) is 5.01. The molecule has 100 valence electrons. The molecule has 1 aliphatic heterocycles. The SMILES string of the molecule is Cl.NC1CCCN(C(=O)c2ccc(Cl)c(Cl)c2)C1. The van der Waals surface area contributed by atoms with E-state index in [1.54, 1.807) is 23.1 Å². The monoisotopic (exact) mass is 308 g/mol. The Labute approximate surface area is 123 Å². The molecule has 0 radical (unpaired) electrons. The fourth-order valence-electron chi connectivity index (χ4n) is 2.01. The molecular weight excluding hydrogens is 295 g/mol. The standard InChI is InChI=1S/C12H14Cl2N2O.ClH/c13-10-4-3-8(6-11(10)14)12(17)16-5-1-2-9(15)7-16;/h3-4,6,9H,1-2,5,7,15H2;1H. The predicted octanol–water partition coefficient (Wildman–Crippen LogP) is 2.98. The summed E-state index contributed by atoms with van der Waals surface area (Å²) in [6.45, 7) is 1.37. The number of hydrogen-bond donors (Lipinski definition) is 1. The van der Waals surface area contributed by atoms with Crippen molar-refractivity contribution in [3.05, 3.63) is 33.8 Å². The van der Waals surface area contributed by atoms with Crippen molar-refractivity contribution in [2.45, 2.75) is 18.9 Å². The number of nitrogens with two attached hydrogens (primary N) is 1. The molecule has 0 spiro atoms. The van der Waals surface area contributed by atoms with Crippen LogP contribution in [0.4, 0.5) is 0 Å². The molecule has 1 unspecified atom stereocenters. The van der Waals surface area contributed by atoms with Gasteiger partial charge in [-0.3, -0.25) is 4.79 Å². The van der Waals surface area contributed by atoms with E-state index in [-0.39, 0.29) is 24.4 Å². The molecule has 1 fully saturated rings. The molecule has 1 aliphatic rings. The van der Waals surface area contributed by atoms with Gasteiger partial charge in [-0.25, -0.2) is 0 Å². The number of amides is 1. The lowest BCUT2D eigenvalue weighted by atomic mass is 10.1. The maximum absolute atomic E-state index is 12.2. The molecule has 1 aromatic carbocycles. The van der Waals surface area contributed by atoms with Gasteiger partial charge in [-0.2, -0.15) is 0 Å². The van der Waals surface area contributed by atoms with Crippen LogP contribution in [-0.2, 0) is 0 Å². The highest BCUT2D eigenvalue weighted by atomic mass is 35.5. The molecule has 1 aromatic rings. The van der Waals surface area contributed by atoms with Crippen LogP contribution in [0.5, 0.6) is 0 Å². The third-order valence-corrected chi connectivity index (χ3v) is 3.65. The van der Waals surface area contributed by atoms with Gasteiger partial charge in [-0.15, -0.1) is 12.4 Å². The largest absolute Gasteiger partial charge is 0.337 e.